The Kier molecular flexibility index (Phi) is 2.66. The van der Waals surface area contributed by atoms with Crippen LogP contribution >= 0.6 is 0 Å². The van der Waals surface area contributed by atoms with Gasteiger partial charge in [-0.05, 0) is 38.6 Å². The van der Waals surface area contributed by atoms with Crippen LogP contribution in [-0.4, -0.2) is 30.1 Å². The van der Waals surface area contributed by atoms with Gasteiger partial charge in [0.15, 0.2) is 0 Å². The first kappa shape index (κ1) is 8.52. The molecule has 0 amide bonds. The molecule has 2 nitrogen and oxygen atoms in total. The summed E-state index contributed by atoms with van der Waals surface area (Å²) in [7, 11) is 0. The van der Waals surface area contributed by atoms with E-state index in [9.17, 15) is 0 Å². The van der Waals surface area contributed by atoms with Crippen LogP contribution in [0.4, 0.5) is 0 Å². The van der Waals surface area contributed by atoms with Gasteiger partial charge in [-0.2, -0.15) is 0 Å². The Morgan fingerprint density at radius 1 is 1.25 bits per heavy atom. The van der Waals surface area contributed by atoms with Gasteiger partial charge in [-0.3, -0.25) is 4.90 Å². The SMILES string of the molecule is NCCCC1CCN1C1CCC1. The molecule has 70 valence electrons. The smallest absolute Gasteiger partial charge is 0.0111 e. The highest BCUT2D eigenvalue weighted by atomic mass is 15.2. The van der Waals surface area contributed by atoms with Gasteiger partial charge in [-0.15, -0.1) is 0 Å². The van der Waals surface area contributed by atoms with Crippen LogP contribution in [0, 0.1) is 0 Å². The van der Waals surface area contributed by atoms with E-state index in [1.165, 1.54) is 45.1 Å². The molecule has 0 aromatic rings. The fraction of sp³-hybridized carbons (Fsp3) is 1.00. The maximum atomic E-state index is 5.51. The molecular formula is C10H20N2. The summed E-state index contributed by atoms with van der Waals surface area (Å²) in [6.45, 7) is 2.23. The first-order valence-corrected chi connectivity index (χ1v) is 5.37. The molecule has 0 spiro atoms. The van der Waals surface area contributed by atoms with Gasteiger partial charge in [0.1, 0.15) is 0 Å². The van der Waals surface area contributed by atoms with Gasteiger partial charge in [-0.1, -0.05) is 6.42 Å². The van der Waals surface area contributed by atoms with Crippen LogP contribution in [0.2, 0.25) is 0 Å². The van der Waals surface area contributed by atoms with Gasteiger partial charge in [0, 0.05) is 18.6 Å². The Balaban J connectivity index is 1.69. The van der Waals surface area contributed by atoms with Crippen molar-refractivity contribution in [3.05, 3.63) is 0 Å². The van der Waals surface area contributed by atoms with E-state index >= 15 is 0 Å². The van der Waals surface area contributed by atoms with Gasteiger partial charge >= 0.3 is 0 Å². The average molecular weight is 168 g/mol. The van der Waals surface area contributed by atoms with Gasteiger partial charge in [0.2, 0.25) is 0 Å². The highest BCUT2D eigenvalue weighted by Crippen LogP contribution is 2.33. The summed E-state index contributed by atoms with van der Waals surface area (Å²) in [5, 5.41) is 0. The molecule has 0 radical (unpaired) electrons. The zero-order valence-corrected chi connectivity index (χ0v) is 7.84. The quantitative estimate of drug-likeness (QED) is 0.686. The molecule has 2 fully saturated rings. The topological polar surface area (TPSA) is 29.3 Å². The fourth-order valence-electron chi connectivity index (χ4n) is 2.32. The molecule has 2 rings (SSSR count). The summed E-state index contributed by atoms with van der Waals surface area (Å²) >= 11 is 0. The van der Waals surface area contributed by atoms with Crippen molar-refractivity contribution in [1.82, 2.24) is 4.90 Å². The van der Waals surface area contributed by atoms with Crippen molar-refractivity contribution in [2.75, 3.05) is 13.1 Å². The number of nitrogens with two attached hydrogens (primary N) is 1. The Labute approximate surface area is 75.1 Å². The molecule has 1 saturated carbocycles. The predicted molar refractivity (Wildman–Crippen MR) is 51.0 cm³/mol. The van der Waals surface area contributed by atoms with Crippen LogP contribution in [0.25, 0.3) is 0 Å². The van der Waals surface area contributed by atoms with E-state index in [0.29, 0.717) is 0 Å². The van der Waals surface area contributed by atoms with Crippen molar-refractivity contribution in [2.45, 2.75) is 50.6 Å². The number of likely N-dealkylation sites (tertiary alicyclic amines) is 1. The monoisotopic (exact) mass is 168 g/mol. The third-order valence-corrected chi connectivity index (χ3v) is 3.47. The summed E-state index contributed by atoms with van der Waals surface area (Å²) in [5.41, 5.74) is 5.51. The van der Waals surface area contributed by atoms with Gasteiger partial charge in [-0.25, -0.2) is 0 Å². The lowest BCUT2D eigenvalue weighted by atomic mass is 9.85. The molecule has 2 aliphatic rings. The zero-order valence-electron chi connectivity index (χ0n) is 7.84. The van der Waals surface area contributed by atoms with E-state index in [1.54, 1.807) is 0 Å². The molecule has 1 unspecified atom stereocenters. The standard InChI is InChI=1S/C10H20N2/c11-7-2-5-10-6-8-12(10)9-3-1-4-9/h9-10H,1-8,11H2. The summed E-state index contributed by atoms with van der Waals surface area (Å²) < 4.78 is 0. The van der Waals surface area contributed by atoms with Gasteiger partial charge in [0.25, 0.3) is 0 Å². The number of nitrogens with zero attached hydrogens (tertiary/aromatic N) is 1. The molecule has 1 aliphatic heterocycles. The lowest BCUT2D eigenvalue weighted by molar-refractivity contribution is 0.000793. The molecule has 1 aliphatic carbocycles. The second-order valence-electron chi connectivity index (χ2n) is 4.20. The maximum Gasteiger partial charge on any atom is 0.0111 e. The van der Waals surface area contributed by atoms with Crippen molar-refractivity contribution in [1.29, 1.82) is 0 Å². The normalized spacial score (nSPS) is 31.2. The third-order valence-electron chi connectivity index (χ3n) is 3.47. The van der Waals surface area contributed by atoms with E-state index in [2.05, 4.69) is 4.90 Å². The molecule has 2 N–H and O–H groups in total. The highest BCUT2D eigenvalue weighted by molar-refractivity contribution is 4.91. The highest BCUT2D eigenvalue weighted by Gasteiger charge is 2.35. The van der Waals surface area contributed by atoms with Crippen LogP contribution < -0.4 is 5.73 Å². The largest absolute Gasteiger partial charge is 0.330 e. The molecule has 1 saturated heterocycles. The summed E-state index contributed by atoms with van der Waals surface area (Å²) in [5.74, 6) is 0. The second kappa shape index (κ2) is 3.75. The molecule has 1 atom stereocenters. The molecule has 0 aromatic carbocycles. The minimum Gasteiger partial charge on any atom is -0.330 e. The summed E-state index contributed by atoms with van der Waals surface area (Å²) in [6.07, 6.45) is 8.36. The zero-order chi connectivity index (χ0) is 8.39. The second-order valence-corrected chi connectivity index (χ2v) is 4.20. The van der Waals surface area contributed by atoms with Crippen molar-refractivity contribution in [3.63, 3.8) is 0 Å². The predicted octanol–water partition coefficient (Wildman–Crippen LogP) is 1.35. The Hall–Kier alpha value is -0.0800. The molecule has 12 heavy (non-hydrogen) atoms. The van der Waals surface area contributed by atoms with Crippen LogP contribution in [0.5, 0.6) is 0 Å². The Bertz CT molecular complexity index is 143. The fourth-order valence-corrected chi connectivity index (χ4v) is 2.32. The van der Waals surface area contributed by atoms with Crippen molar-refractivity contribution >= 4 is 0 Å². The molecule has 2 heteroatoms. The lowest BCUT2D eigenvalue weighted by Gasteiger charge is -2.49. The first-order chi connectivity index (χ1) is 5.92. The number of rotatable bonds is 4. The van der Waals surface area contributed by atoms with Crippen molar-refractivity contribution in [3.8, 4) is 0 Å². The molecule has 1 heterocycles. The number of hydrogen-bond donors (Lipinski definition) is 1. The van der Waals surface area contributed by atoms with Crippen LogP contribution in [0.15, 0.2) is 0 Å². The van der Waals surface area contributed by atoms with E-state index < -0.39 is 0 Å². The molecule has 0 bridgehead atoms. The molecular weight excluding hydrogens is 148 g/mol. The van der Waals surface area contributed by atoms with Crippen molar-refractivity contribution in [2.24, 2.45) is 5.73 Å². The van der Waals surface area contributed by atoms with E-state index in [4.69, 9.17) is 5.73 Å². The lowest BCUT2D eigenvalue weighted by Crippen LogP contribution is -2.55. The minimum atomic E-state index is 0.870. The van der Waals surface area contributed by atoms with Crippen LogP contribution in [0.3, 0.4) is 0 Å². The van der Waals surface area contributed by atoms with Crippen LogP contribution in [0.1, 0.15) is 38.5 Å². The summed E-state index contributed by atoms with van der Waals surface area (Å²) in [4.78, 5) is 2.71. The Morgan fingerprint density at radius 3 is 2.50 bits per heavy atom. The van der Waals surface area contributed by atoms with Gasteiger partial charge < -0.3 is 5.73 Å². The Morgan fingerprint density at radius 2 is 2.08 bits per heavy atom. The van der Waals surface area contributed by atoms with Crippen molar-refractivity contribution < 1.29 is 0 Å². The average Bonchev–Trinajstić information content (AvgIpc) is 1.95. The maximum absolute atomic E-state index is 5.51. The minimum absolute atomic E-state index is 0.870. The molecule has 0 aromatic heterocycles. The van der Waals surface area contributed by atoms with E-state index in [0.717, 1.165) is 18.6 Å². The van der Waals surface area contributed by atoms with E-state index in [-0.39, 0.29) is 0 Å². The first-order valence-electron chi connectivity index (χ1n) is 5.37. The van der Waals surface area contributed by atoms with E-state index in [1.807, 2.05) is 0 Å². The number of hydrogen-bond acceptors (Lipinski definition) is 2. The van der Waals surface area contributed by atoms with Crippen LogP contribution in [-0.2, 0) is 0 Å². The third kappa shape index (κ3) is 1.50. The van der Waals surface area contributed by atoms with Gasteiger partial charge in [0.05, 0.1) is 0 Å². The summed E-state index contributed by atoms with van der Waals surface area (Å²) in [6, 6.07) is 1.86.